The van der Waals surface area contributed by atoms with E-state index in [2.05, 4.69) is 5.32 Å². The van der Waals surface area contributed by atoms with Crippen LogP contribution in [0.5, 0.6) is 11.5 Å². The predicted octanol–water partition coefficient (Wildman–Crippen LogP) is 2.29. The Bertz CT molecular complexity index is 457. The summed E-state index contributed by atoms with van der Waals surface area (Å²) in [5, 5.41) is 12.2. The lowest BCUT2D eigenvalue weighted by Gasteiger charge is -2.21. The Kier molecular flexibility index (Phi) is 5.82. The van der Waals surface area contributed by atoms with Crippen LogP contribution in [-0.4, -0.2) is 31.3 Å². The largest absolute Gasteiger partial charge is 0.490 e. The van der Waals surface area contributed by atoms with Gasteiger partial charge in [-0.25, -0.2) is 0 Å². The van der Waals surface area contributed by atoms with Crippen molar-refractivity contribution in [1.29, 1.82) is 0 Å². The van der Waals surface area contributed by atoms with E-state index in [0.29, 0.717) is 18.1 Å². The Balaban J connectivity index is 2.85. The van der Waals surface area contributed by atoms with Crippen molar-refractivity contribution in [3.8, 4) is 11.5 Å². The summed E-state index contributed by atoms with van der Waals surface area (Å²) in [4.78, 5) is 11.1. The molecule has 0 atom stereocenters. The maximum absolute atomic E-state index is 11.1. The highest BCUT2D eigenvalue weighted by Crippen LogP contribution is 2.30. The van der Waals surface area contributed by atoms with Gasteiger partial charge in [0.25, 0.3) is 0 Å². The van der Waals surface area contributed by atoms with Gasteiger partial charge in [-0.05, 0) is 45.5 Å². The number of aliphatic carboxylic acids is 1. The van der Waals surface area contributed by atoms with Crippen molar-refractivity contribution in [3.05, 3.63) is 23.8 Å². The third-order valence-electron chi connectivity index (χ3n) is 2.86. The van der Waals surface area contributed by atoms with Gasteiger partial charge in [0.1, 0.15) is 6.61 Å². The third kappa shape index (κ3) is 4.42. The lowest BCUT2D eigenvalue weighted by Crippen LogP contribution is -2.30. The van der Waals surface area contributed by atoms with E-state index in [9.17, 15) is 4.79 Å². The lowest BCUT2D eigenvalue weighted by molar-refractivity contribution is -0.148. The van der Waals surface area contributed by atoms with Crippen molar-refractivity contribution in [2.45, 2.75) is 27.3 Å². The summed E-state index contributed by atoms with van der Waals surface area (Å²) < 4.78 is 11.2. The van der Waals surface area contributed by atoms with E-state index in [1.54, 1.807) is 13.8 Å². The average molecular weight is 281 g/mol. The molecule has 1 aromatic rings. The average Bonchev–Trinajstić information content (AvgIpc) is 2.38. The molecule has 0 radical (unpaired) electrons. The number of ether oxygens (including phenoxy) is 2. The molecular weight excluding hydrogens is 258 g/mol. The van der Waals surface area contributed by atoms with Crippen molar-refractivity contribution in [3.63, 3.8) is 0 Å². The van der Waals surface area contributed by atoms with E-state index < -0.39 is 11.4 Å². The van der Waals surface area contributed by atoms with Gasteiger partial charge >= 0.3 is 5.97 Å². The molecule has 0 aliphatic rings. The minimum atomic E-state index is -0.937. The number of hydrogen-bond acceptors (Lipinski definition) is 4. The van der Waals surface area contributed by atoms with Crippen LogP contribution in [0.2, 0.25) is 0 Å². The number of carboxylic acid groups (broad SMARTS) is 1. The first-order valence-electron chi connectivity index (χ1n) is 6.67. The van der Waals surface area contributed by atoms with Gasteiger partial charge in [0.2, 0.25) is 0 Å². The monoisotopic (exact) mass is 281 g/mol. The predicted molar refractivity (Wildman–Crippen MR) is 77.3 cm³/mol. The Labute approximate surface area is 119 Å². The zero-order valence-electron chi connectivity index (χ0n) is 12.5. The van der Waals surface area contributed by atoms with Crippen LogP contribution in [0.4, 0.5) is 0 Å². The van der Waals surface area contributed by atoms with Crippen molar-refractivity contribution in [2.75, 3.05) is 20.3 Å². The number of carboxylic acids is 1. The van der Waals surface area contributed by atoms with Gasteiger partial charge in [0, 0.05) is 6.54 Å². The minimum absolute atomic E-state index is 0.0911. The first kappa shape index (κ1) is 16.3. The fourth-order valence-corrected chi connectivity index (χ4v) is 1.57. The van der Waals surface area contributed by atoms with Crippen LogP contribution < -0.4 is 14.8 Å². The van der Waals surface area contributed by atoms with E-state index in [1.165, 1.54) is 0 Å². The quantitative estimate of drug-likeness (QED) is 0.765. The van der Waals surface area contributed by atoms with Gasteiger partial charge in [0.05, 0.1) is 12.0 Å². The normalized spacial score (nSPS) is 11.2. The fourth-order valence-electron chi connectivity index (χ4n) is 1.57. The van der Waals surface area contributed by atoms with Crippen LogP contribution in [0.25, 0.3) is 0 Å². The van der Waals surface area contributed by atoms with Gasteiger partial charge in [-0.15, -0.1) is 0 Å². The van der Waals surface area contributed by atoms with Crippen LogP contribution >= 0.6 is 0 Å². The summed E-state index contributed by atoms with van der Waals surface area (Å²) in [6.45, 7) is 6.52. The zero-order chi connectivity index (χ0) is 15.2. The smallest absolute Gasteiger partial charge is 0.312 e. The maximum Gasteiger partial charge on any atom is 0.312 e. The van der Waals surface area contributed by atoms with Crippen molar-refractivity contribution in [1.82, 2.24) is 5.32 Å². The molecule has 0 aromatic heterocycles. The molecule has 0 spiro atoms. The molecule has 5 nitrogen and oxygen atoms in total. The molecule has 0 saturated heterocycles. The van der Waals surface area contributed by atoms with Crippen molar-refractivity contribution in [2.24, 2.45) is 5.41 Å². The van der Waals surface area contributed by atoms with E-state index in [4.69, 9.17) is 14.6 Å². The van der Waals surface area contributed by atoms with E-state index in [-0.39, 0.29) is 6.61 Å². The second kappa shape index (κ2) is 7.14. The molecule has 1 aromatic carbocycles. The van der Waals surface area contributed by atoms with Crippen molar-refractivity contribution < 1.29 is 19.4 Å². The van der Waals surface area contributed by atoms with Crippen LogP contribution in [0.3, 0.4) is 0 Å². The lowest BCUT2D eigenvalue weighted by atomic mass is 9.95. The Morgan fingerprint density at radius 3 is 2.55 bits per heavy atom. The Morgan fingerprint density at radius 1 is 1.30 bits per heavy atom. The molecule has 0 aliphatic heterocycles. The molecule has 112 valence electrons. The SMILES string of the molecule is CCOc1cc(CNC)ccc1OCC(C)(C)C(=O)O. The molecule has 0 bridgehead atoms. The van der Waals surface area contributed by atoms with Crippen LogP contribution in [0.1, 0.15) is 26.3 Å². The second-order valence-corrected chi connectivity index (χ2v) is 5.22. The van der Waals surface area contributed by atoms with Crippen LogP contribution in [-0.2, 0) is 11.3 Å². The topological polar surface area (TPSA) is 67.8 Å². The second-order valence-electron chi connectivity index (χ2n) is 5.22. The molecule has 0 unspecified atom stereocenters. The van der Waals surface area contributed by atoms with Crippen molar-refractivity contribution >= 4 is 5.97 Å². The van der Waals surface area contributed by atoms with Gasteiger partial charge in [-0.2, -0.15) is 0 Å². The summed E-state index contributed by atoms with van der Waals surface area (Å²) >= 11 is 0. The number of carbonyl (C=O) groups is 1. The van der Waals surface area contributed by atoms with E-state index in [0.717, 1.165) is 12.1 Å². The first-order chi connectivity index (χ1) is 9.40. The highest BCUT2D eigenvalue weighted by atomic mass is 16.5. The standard InChI is InChI=1S/C15H23NO4/c1-5-19-13-8-11(9-16-4)6-7-12(13)20-10-15(2,3)14(17)18/h6-8,16H,5,9-10H2,1-4H3,(H,17,18). The van der Waals surface area contributed by atoms with Gasteiger partial charge in [-0.1, -0.05) is 6.07 Å². The summed E-state index contributed by atoms with van der Waals surface area (Å²) in [6, 6.07) is 5.65. The number of hydrogen-bond donors (Lipinski definition) is 2. The summed E-state index contributed by atoms with van der Waals surface area (Å²) in [7, 11) is 1.88. The molecule has 0 aliphatic carbocycles. The summed E-state index contributed by atoms with van der Waals surface area (Å²) in [5.74, 6) is 0.324. The molecule has 1 rings (SSSR count). The summed E-state index contributed by atoms with van der Waals surface area (Å²) in [5.41, 5.74) is 0.147. The molecule has 0 amide bonds. The molecule has 0 saturated carbocycles. The molecule has 20 heavy (non-hydrogen) atoms. The molecule has 2 N–H and O–H groups in total. The number of nitrogens with one attached hydrogen (secondary N) is 1. The van der Waals surface area contributed by atoms with Gasteiger partial charge in [-0.3, -0.25) is 4.79 Å². The number of benzene rings is 1. The third-order valence-corrected chi connectivity index (χ3v) is 2.86. The first-order valence-corrected chi connectivity index (χ1v) is 6.67. The fraction of sp³-hybridized carbons (Fsp3) is 0.533. The zero-order valence-corrected chi connectivity index (χ0v) is 12.5. The van der Waals surface area contributed by atoms with Crippen LogP contribution in [0, 0.1) is 5.41 Å². The van der Waals surface area contributed by atoms with E-state index >= 15 is 0 Å². The van der Waals surface area contributed by atoms with Crippen LogP contribution in [0.15, 0.2) is 18.2 Å². The minimum Gasteiger partial charge on any atom is -0.490 e. The Hall–Kier alpha value is -1.75. The molecular formula is C15H23NO4. The van der Waals surface area contributed by atoms with E-state index in [1.807, 2.05) is 32.2 Å². The highest BCUT2D eigenvalue weighted by Gasteiger charge is 2.28. The molecule has 0 fully saturated rings. The molecule has 5 heteroatoms. The number of rotatable bonds is 8. The van der Waals surface area contributed by atoms with Gasteiger partial charge < -0.3 is 19.9 Å². The summed E-state index contributed by atoms with van der Waals surface area (Å²) in [6.07, 6.45) is 0. The van der Waals surface area contributed by atoms with Gasteiger partial charge in [0.15, 0.2) is 11.5 Å². The highest BCUT2D eigenvalue weighted by molar-refractivity contribution is 5.73. The molecule has 0 heterocycles. The maximum atomic E-state index is 11.1. The Morgan fingerprint density at radius 2 is 2.00 bits per heavy atom.